The van der Waals surface area contributed by atoms with Crippen LogP contribution in [0.4, 0.5) is 0 Å². The molecule has 2 rings (SSSR count). The molecular formula is C12H11NOS. The number of carbonyl (C=O) groups is 1. The summed E-state index contributed by atoms with van der Waals surface area (Å²) in [5, 5.41) is 0. The summed E-state index contributed by atoms with van der Waals surface area (Å²) < 4.78 is 0. The molecule has 0 aliphatic carbocycles. The zero-order valence-corrected chi connectivity index (χ0v) is 9.25. The van der Waals surface area contributed by atoms with Crippen LogP contribution in [-0.4, -0.2) is 10.8 Å². The zero-order chi connectivity index (χ0) is 10.7. The maximum absolute atomic E-state index is 11.8. The number of carbonyl (C=O) groups excluding carboxylic acids is 1. The fraction of sp³-hybridized carbons (Fsp3) is 0.167. The summed E-state index contributed by atoms with van der Waals surface area (Å²) in [5.41, 5.74) is 3.69. The highest BCUT2D eigenvalue weighted by molar-refractivity contribution is 7.09. The van der Waals surface area contributed by atoms with Gasteiger partial charge in [0, 0.05) is 23.1 Å². The van der Waals surface area contributed by atoms with Crippen LogP contribution in [-0.2, 0) is 6.42 Å². The predicted octanol–water partition coefficient (Wildman–Crippen LogP) is 2.88. The Morgan fingerprint density at radius 1 is 1.33 bits per heavy atom. The summed E-state index contributed by atoms with van der Waals surface area (Å²) in [5.74, 6) is 0.152. The van der Waals surface area contributed by atoms with E-state index < -0.39 is 0 Å². The molecule has 0 aliphatic heterocycles. The first-order valence-corrected chi connectivity index (χ1v) is 5.61. The number of hydrogen-bond donors (Lipinski definition) is 0. The van der Waals surface area contributed by atoms with E-state index >= 15 is 0 Å². The predicted molar refractivity (Wildman–Crippen MR) is 61.3 cm³/mol. The number of aromatic nitrogens is 1. The smallest absolute Gasteiger partial charge is 0.168 e. The maximum atomic E-state index is 11.8. The van der Waals surface area contributed by atoms with Gasteiger partial charge in [-0.2, -0.15) is 0 Å². The van der Waals surface area contributed by atoms with Crippen LogP contribution in [0.5, 0.6) is 0 Å². The summed E-state index contributed by atoms with van der Waals surface area (Å²) >= 11 is 1.52. The molecule has 0 saturated carbocycles. The Hall–Kier alpha value is -1.48. The molecule has 0 N–H and O–H groups in total. The summed E-state index contributed by atoms with van der Waals surface area (Å²) in [6.07, 6.45) is 2.20. The van der Waals surface area contributed by atoms with Gasteiger partial charge in [-0.1, -0.05) is 29.8 Å². The number of ketones is 1. The van der Waals surface area contributed by atoms with Crippen molar-refractivity contribution in [1.82, 2.24) is 4.98 Å². The molecule has 0 aliphatic rings. The van der Waals surface area contributed by atoms with Gasteiger partial charge in [-0.3, -0.25) is 9.78 Å². The summed E-state index contributed by atoms with van der Waals surface area (Å²) in [6.45, 7) is 2.01. The van der Waals surface area contributed by atoms with Gasteiger partial charge in [0.25, 0.3) is 0 Å². The number of Topliss-reactive ketones (excluding diaryl/α,β-unsaturated/α-hetero) is 1. The van der Waals surface area contributed by atoms with Gasteiger partial charge in [-0.05, 0) is 6.92 Å². The highest BCUT2D eigenvalue weighted by Gasteiger charge is 2.07. The van der Waals surface area contributed by atoms with E-state index in [2.05, 4.69) is 4.98 Å². The van der Waals surface area contributed by atoms with Crippen molar-refractivity contribution in [2.45, 2.75) is 13.3 Å². The minimum atomic E-state index is 0.152. The van der Waals surface area contributed by atoms with Crippen molar-refractivity contribution in [3.05, 3.63) is 52.0 Å². The molecule has 0 unspecified atom stereocenters. The molecule has 15 heavy (non-hydrogen) atoms. The molecule has 0 saturated heterocycles. The van der Waals surface area contributed by atoms with Gasteiger partial charge < -0.3 is 0 Å². The van der Waals surface area contributed by atoms with Crippen molar-refractivity contribution in [2.24, 2.45) is 0 Å². The number of aryl methyl sites for hydroxylation is 1. The fourth-order valence-corrected chi connectivity index (χ4v) is 1.92. The van der Waals surface area contributed by atoms with Crippen LogP contribution in [0.2, 0.25) is 0 Å². The largest absolute Gasteiger partial charge is 0.294 e. The maximum Gasteiger partial charge on any atom is 0.168 e. The lowest BCUT2D eigenvalue weighted by molar-refractivity contribution is 0.0994. The van der Waals surface area contributed by atoms with Crippen LogP contribution in [0.25, 0.3) is 0 Å². The van der Waals surface area contributed by atoms with Gasteiger partial charge in [0.1, 0.15) is 0 Å². The van der Waals surface area contributed by atoms with Gasteiger partial charge in [-0.25, -0.2) is 0 Å². The average molecular weight is 217 g/mol. The normalized spacial score (nSPS) is 10.2. The van der Waals surface area contributed by atoms with Crippen LogP contribution in [0.1, 0.15) is 20.8 Å². The topological polar surface area (TPSA) is 30.0 Å². The van der Waals surface area contributed by atoms with Crippen molar-refractivity contribution >= 4 is 17.1 Å². The molecule has 0 atom stereocenters. The highest BCUT2D eigenvalue weighted by Crippen LogP contribution is 2.11. The Morgan fingerprint density at radius 2 is 2.07 bits per heavy atom. The lowest BCUT2D eigenvalue weighted by Gasteiger charge is -1.99. The third-order valence-corrected chi connectivity index (χ3v) is 2.97. The van der Waals surface area contributed by atoms with E-state index in [-0.39, 0.29) is 5.78 Å². The van der Waals surface area contributed by atoms with E-state index in [1.54, 1.807) is 11.7 Å². The standard InChI is InChI=1S/C12H11NOS/c1-9-2-4-10(5-3-9)12(14)6-11-7-13-8-15-11/h2-5,7-8H,6H2,1H3. The van der Waals surface area contributed by atoms with E-state index in [1.165, 1.54) is 16.9 Å². The van der Waals surface area contributed by atoms with E-state index in [9.17, 15) is 4.79 Å². The first kappa shape index (κ1) is 10.1. The number of rotatable bonds is 3. The molecule has 0 fully saturated rings. The second-order valence-corrected chi connectivity index (χ2v) is 4.40. The van der Waals surface area contributed by atoms with E-state index in [1.807, 2.05) is 31.2 Å². The van der Waals surface area contributed by atoms with Gasteiger partial charge in [0.2, 0.25) is 0 Å². The summed E-state index contributed by atoms with van der Waals surface area (Å²) in [7, 11) is 0. The third-order valence-electron chi connectivity index (χ3n) is 2.19. The monoisotopic (exact) mass is 217 g/mol. The number of benzene rings is 1. The lowest BCUT2D eigenvalue weighted by Crippen LogP contribution is -2.01. The fourth-order valence-electron chi connectivity index (χ4n) is 1.33. The Balaban J connectivity index is 2.11. The van der Waals surface area contributed by atoms with Crippen LogP contribution >= 0.6 is 11.3 Å². The number of thiazole rings is 1. The first-order valence-electron chi connectivity index (χ1n) is 4.73. The van der Waals surface area contributed by atoms with Gasteiger partial charge >= 0.3 is 0 Å². The molecule has 76 valence electrons. The van der Waals surface area contributed by atoms with Crippen LogP contribution in [0.15, 0.2) is 36.0 Å². The first-order chi connectivity index (χ1) is 7.25. The molecular weight excluding hydrogens is 206 g/mol. The van der Waals surface area contributed by atoms with Crippen molar-refractivity contribution < 1.29 is 4.79 Å². The Morgan fingerprint density at radius 3 is 2.67 bits per heavy atom. The number of hydrogen-bond acceptors (Lipinski definition) is 3. The molecule has 1 aromatic carbocycles. The Kier molecular flexibility index (Phi) is 2.92. The van der Waals surface area contributed by atoms with E-state index in [0.717, 1.165) is 10.4 Å². The average Bonchev–Trinajstić information content (AvgIpc) is 2.71. The SMILES string of the molecule is Cc1ccc(C(=O)Cc2cncs2)cc1. The zero-order valence-electron chi connectivity index (χ0n) is 8.43. The molecule has 0 amide bonds. The van der Waals surface area contributed by atoms with E-state index in [0.29, 0.717) is 6.42 Å². The molecule has 0 spiro atoms. The second kappa shape index (κ2) is 4.36. The molecule has 1 aromatic heterocycles. The van der Waals surface area contributed by atoms with Crippen LogP contribution < -0.4 is 0 Å². The van der Waals surface area contributed by atoms with Crippen LogP contribution in [0.3, 0.4) is 0 Å². The quantitative estimate of drug-likeness (QED) is 0.740. The highest BCUT2D eigenvalue weighted by atomic mass is 32.1. The molecule has 1 heterocycles. The van der Waals surface area contributed by atoms with E-state index in [4.69, 9.17) is 0 Å². The van der Waals surface area contributed by atoms with Gasteiger partial charge in [0.05, 0.1) is 5.51 Å². The Bertz CT molecular complexity index is 445. The van der Waals surface area contributed by atoms with Gasteiger partial charge in [-0.15, -0.1) is 11.3 Å². The van der Waals surface area contributed by atoms with Gasteiger partial charge in [0.15, 0.2) is 5.78 Å². The molecule has 2 aromatic rings. The Labute approximate surface area is 92.6 Å². The molecule has 0 bridgehead atoms. The molecule has 2 nitrogen and oxygen atoms in total. The van der Waals surface area contributed by atoms with Crippen molar-refractivity contribution in [2.75, 3.05) is 0 Å². The minimum absolute atomic E-state index is 0.152. The van der Waals surface area contributed by atoms with Crippen molar-refractivity contribution in [3.63, 3.8) is 0 Å². The van der Waals surface area contributed by atoms with Crippen LogP contribution in [0, 0.1) is 6.92 Å². The van der Waals surface area contributed by atoms with Crippen molar-refractivity contribution in [1.29, 1.82) is 0 Å². The molecule has 0 radical (unpaired) electrons. The summed E-state index contributed by atoms with van der Waals surface area (Å²) in [6, 6.07) is 7.66. The summed E-state index contributed by atoms with van der Waals surface area (Å²) in [4.78, 5) is 16.8. The second-order valence-electron chi connectivity index (χ2n) is 3.43. The lowest BCUT2D eigenvalue weighted by atomic mass is 10.1. The number of nitrogens with zero attached hydrogens (tertiary/aromatic N) is 1. The minimum Gasteiger partial charge on any atom is -0.294 e. The van der Waals surface area contributed by atoms with Crippen molar-refractivity contribution in [3.8, 4) is 0 Å². The third kappa shape index (κ3) is 2.50. The molecule has 3 heteroatoms.